The van der Waals surface area contributed by atoms with Crippen LogP contribution in [0.2, 0.25) is 0 Å². The molecule has 106 valence electrons. The van der Waals surface area contributed by atoms with Crippen molar-refractivity contribution in [3.8, 4) is 0 Å². The summed E-state index contributed by atoms with van der Waals surface area (Å²) in [5.74, 6) is -0.178. The van der Waals surface area contributed by atoms with E-state index in [0.717, 1.165) is 17.0 Å². The summed E-state index contributed by atoms with van der Waals surface area (Å²) in [6.07, 6.45) is 1.35. The molecule has 0 saturated carbocycles. The SMILES string of the molecule is Cc1nc(CC(=O)Nc2ccc(S(C)(=O)=O)cc2)cs1. The molecule has 0 atom stereocenters. The average Bonchev–Trinajstić information content (AvgIpc) is 2.74. The van der Waals surface area contributed by atoms with Gasteiger partial charge in [-0.2, -0.15) is 0 Å². The second-order valence-electron chi connectivity index (χ2n) is 4.38. The molecule has 0 saturated heterocycles. The first-order chi connectivity index (χ1) is 9.34. The van der Waals surface area contributed by atoms with Crippen molar-refractivity contribution in [2.45, 2.75) is 18.2 Å². The molecule has 7 heteroatoms. The summed E-state index contributed by atoms with van der Waals surface area (Å²) in [5, 5.41) is 5.48. The van der Waals surface area contributed by atoms with Crippen LogP contribution in [0, 0.1) is 6.92 Å². The molecule has 1 heterocycles. The Morgan fingerprint density at radius 2 is 1.95 bits per heavy atom. The van der Waals surface area contributed by atoms with Crippen LogP contribution >= 0.6 is 11.3 Å². The number of carbonyl (C=O) groups is 1. The second-order valence-corrected chi connectivity index (χ2v) is 7.46. The molecule has 1 N–H and O–H groups in total. The number of aromatic nitrogens is 1. The van der Waals surface area contributed by atoms with E-state index < -0.39 is 9.84 Å². The van der Waals surface area contributed by atoms with Gasteiger partial charge >= 0.3 is 0 Å². The highest BCUT2D eigenvalue weighted by Gasteiger charge is 2.09. The van der Waals surface area contributed by atoms with Gasteiger partial charge in [0.1, 0.15) is 0 Å². The molecule has 1 amide bonds. The fourth-order valence-corrected chi connectivity index (χ4v) is 2.89. The van der Waals surface area contributed by atoms with Crippen molar-refractivity contribution < 1.29 is 13.2 Å². The highest BCUT2D eigenvalue weighted by molar-refractivity contribution is 7.90. The van der Waals surface area contributed by atoms with Crippen molar-refractivity contribution in [3.05, 3.63) is 40.3 Å². The van der Waals surface area contributed by atoms with Crippen molar-refractivity contribution in [2.75, 3.05) is 11.6 Å². The van der Waals surface area contributed by atoms with Crippen LogP contribution < -0.4 is 5.32 Å². The van der Waals surface area contributed by atoms with Crippen molar-refractivity contribution in [2.24, 2.45) is 0 Å². The van der Waals surface area contributed by atoms with Gasteiger partial charge in [-0.25, -0.2) is 13.4 Å². The Morgan fingerprint density at radius 3 is 2.45 bits per heavy atom. The van der Waals surface area contributed by atoms with Gasteiger partial charge in [0.05, 0.1) is 22.0 Å². The lowest BCUT2D eigenvalue weighted by Crippen LogP contribution is -2.14. The lowest BCUT2D eigenvalue weighted by molar-refractivity contribution is -0.115. The van der Waals surface area contributed by atoms with Crippen LogP contribution in [0.4, 0.5) is 5.69 Å². The zero-order valence-electron chi connectivity index (χ0n) is 11.1. The Hall–Kier alpha value is -1.73. The normalized spacial score (nSPS) is 11.3. The summed E-state index contributed by atoms with van der Waals surface area (Å²) >= 11 is 1.50. The Labute approximate surface area is 121 Å². The molecule has 0 bridgehead atoms. The van der Waals surface area contributed by atoms with Crippen LogP contribution in [0.15, 0.2) is 34.5 Å². The van der Waals surface area contributed by atoms with E-state index in [0.29, 0.717) is 5.69 Å². The number of sulfone groups is 1. The monoisotopic (exact) mass is 310 g/mol. The zero-order valence-corrected chi connectivity index (χ0v) is 12.7. The van der Waals surface area contributed by atoms with Gasteiger partial charge in [0, 0.05) is 17.3 Å². The maximum absolute atomic E-state index is 11.8. The maximum Gasteiger partial charge on any atom is 0.230 e. The summed E-state index contributed by atoms with van der Waals surface area (Å²) in [6.45, 7) is 1.88. The van der Waals surface area contributed by atoms with E-state index in [1.807, 2.05) is 12.3 Å². The average molecular weight is 310 g/mol. The summed E-state index contributed by atoms with van der Waals surface area (Å²) in [6, 6.07) is 6.08. The predicted molar refractivity (Wildman–Crippen MR) is 78.7 cm³/mol. The van der Waals surface area contributed by atoms with E-state index in [2.05, 4.69) is 10.3 Å². The molecular weight excluding hydrogens is 296 g/mol. The molecule has 1 aromatic carbocycles. The number of hydrogen-bond donors (Lipinski definition) is 1. The summed E-state index contributed by atoms with van der Waals surface area (Å²) in [4.78, 5) is 16.3. The van der Waals surface area contributed by atoms with Crippen LogP contribution in [0.1, 0.15) is 10.7 Å². The molecule has 0 aliphatic carbocycles. The lowest BCUT2D eigenvalue weighted by Gasteiger charge is -2.05. The van der Waals surface area contributed by atoms with Crippen LogP contribution in [-0.4, -0.2) is 25.6 Å². The molecule has 20 heavy (non-hydrogen) atoms. The molecule has 0 spiro atoms. The third-order valence-electron chi connectivity index (χ3n) is 2.57. The predicted octanol–water partition coefficient (Wildman–Crippen LogP) is 2.04. The van der Waals surface area contributed by atoms with Crippen LogP contribution in [-0.2, 0) is 21.1 Å². The first kappa shape index (κ1) is 14.7. The number of nitrogens with zero attached hydrogens (tertiary/aromatic N) is 1. The second kappa shape index (κ2) is 5.72. The minimum atomic E-state index is -3.22. The van der Waals surface area contributed by atoms with Gasteiger partial charge in [-0.15, -0.1) is 11.3 Å². The van der Waals surface area contributed by atoms with Gasteiger partial charge in [-0.3, -0.25) is 4.79 Å². The number of carbonyl (C=O) groups excluding carboxylic acids is 1. The third kappa shape index (κ3) is 3.88. The van der Waals surface area contributed by atoms with Crippen molar-refractivity contribution in [3.63, 3.8) is 0 Å². The molecule has 0 aliphatic heterocycles. The minimum absolute atomic E-state index is 0.178. The molecule has 0 aliphatic rings. The van der Waals surface area contributed by atoms with E-state index >= 15 is 0 Å². The summed E-state index contributed by atoms with van der Waals surface area (Å²) in [7, 11) is -3.22. The zero-order chi connectivity index (χ0) is 14.8. The van der Waals surface area contributed by atoms with E-state index in [4.69, 9.17) is 0 Å². The molecule has 0 unspecified atom stereocenters. The van der Waals surface area contributed by atoms with Gasteiger partial charge in [-0.1, -0.05) is 0 Å². The number of hydrogen-bond acceptors (Lipinski definition) is 5. The number of aryl methyl sites for hydroxylation is 1. The number of amides is 1. The number of rotatable bonds is 4. The molecule has 5 nitrogen and oxygen atoms in total. The first-order valence-corrected chi connectivity index (χ1v) is 8.63. The van der Waals surface area contributed by atoms with Crippen LogP contribution in [0.25, 0.3) is 0 Å². The first-order valence-electron chi connectivity index (χ1n) is 5.85. The summed E-state index contributed by atoms with van der Waals surface area (Å²) in [5.41, 5.74) is 1.30. The van der Waals surface area contributed by atoms with E-state index in [9.17, 15) is 13.2 Å². The smallest absolute Gasteiger partial charge is 0.230 e. The molecule has 2 rings (SSSR count). The third-order valence-corrected chi connectivity index (χ3v) is 4.53. The Bertz CT molecular complexity index is 718. The van der Waals surface area contributed by atoms with E-state index in [1.165, 1.54) is 23.5 Å². The Balaban J connectivity index is 2.01. The van der Waals surface area contributed by atoms with Gasteiger partial charge in [0.25, 0.3) is 0 Å². The molecular formula is C13H14N2O3S2. The number of thiazole rings is 1. The van der Waals surface area contributed by atoms with E-state index in [-0.39, 0.29) is 17.2 Å². The van der Waals surface area contributed by atoms with E-state index in [1.54, 1.807) is 12.1 Å². The van der Waals surface area contributed by atoms with Crippen molar-refractivity contribution >= 4 is 32.8 Å². The quantitative estimate of drug-likeness (QED) is 0.937. The Kier molecular flexibility index (Phi) is 4.20. The van der Waals surface area contributed by atoms with Gasteiger partial charge in [0.15, 0.2) is 9.84 Å². The lowest BCUT2D eigenvalue weighted by atomic mass is 10.3. The molecule has 0 radical (unpaired) electrons. The largest absolute Gasteiger partial charge is 0.326 e. The van der Waals surface area contributed by atoms with Gasteiger partial charge in [-0.05, 0) is 31.2 Å². The highest BCUT2D eigenvalue weighted by atomic mass is 32.2. The molecule has 1 aromatic heterocycles. The van der Waals surface area contributed by atoms with Gasteiger partial charge < -0.3 is 5.32 Å². The molecule has 2 aromatic rings. The fraction of sp³-hybridized carbons (Fsp3) is 0.231. The number of nitrogens with one attached hydrogen (secondary N) is 1. The maximum atomic E-state index is 11.8. The fourth-order valence-electron chi connectivity index (χ4n) is 1.64. The van der Waals surface area contributed by atoms with Crippen LogP contribution in [0.3, 0.4) is 0 Å². The van der Waals surface area contributed by atoms with Gasteiger partial charge in [0.2, 0.25) is 5.91 Å². The topological polar surface area (TPSA) is 76.1 Å². The number of anilines is 1. The minimum Gasteiger partial charge on any atom is -0.326 e. The Morgan fingerprint density at radius 1 is 1.30 bits per heavy atom. The van der Waals surface area contributed by atoms with Crippen LogP contribution in [0.5, 0.6) is 0 Å². The number of benzene rings is 1. The van der Waals surface area contributed by atoms with Crippen molar-refractivity contribution in [1.29, 1.82) is 0 Å². The molecule has 0 fully saturated rings. The summed E-state index contributed by atoms with van der Waals surface area (Å²) < 4.78 is 22.6. The van der Waals surface area contributed by atoms with Crippen molar-refractivity contribution in [1.82, 2.24) is 4.98 Å². The highest BCUT2D eigenvalue weighted by Crippen LogP contribution is 2.14. The standard InChI is InChI=1S/C13H14N2O3S2/c1-9-14-11(8-19-9)7-13(16)15-10-3-5-12(6-4-10)20(2,17)18/h3-6,8H,7H2,1-2H3,(H,15,16).